The molecule has 0 bridgehead atoms. The number of hydrogen-bond donors (Lipinski definition) is 2. The van der Waals surface area contributed by atoms with Crippen LogP contribution >= 0.6 is 11.3 Å². The zero-order chi connectivity index (χ0) is 13.0. The minimum atomic E-state index is -0.210. The molecule has 2 heterocycles. The summed E-state index contributed by atoms with van der Waals surface area (Å²) >= 11 is 1.64. The molecule has 1 amide bonds. The molecule has 0 aromatic carbocycles. The number of amides is 1. The van der Waals surface area contributed by atoms with Crippen molar-refractivity contribution in [1.82, 2.24) is 10.3 Å². The summed E-state index contributed by atoms with van der Waals surface area (Å²) in [6, 6.07) is 4.94. The average molecular weight is 262 g/mol. The molecular formula is C13H14N2O2S. The van der Waals surface area contributed by atoms with Crippen LogP contribution in [0.3, 0.4) is 0 Å². The van der Waals surface area contributed by atoms with Crippen molar-refractivity contribution in [2.24, 2.45) is 0 Å². The largest absolute Gasteiger partial charge is 0.347 e. The van der Waals surface area contributed by atoms with E-state index in [9.17, 15) is 9.59 Å². The Kier molecular flexibility index (Phi) is 3.94. The average Bonchev–Trinajstić information content (AvgIpc) is 2.84. The van der Waals surface area contributed by atoms with E-state index < -0.39 is 0 Å². The summed E-state index contributed by atoms with van der Waals surface area (Å²) in [5.41, 5.74) is 1.52. The number of H-pyrrole nitrogens is 1. The van der Waals surface area contributed by atoms with Gasteiger partial charge in [0.1, 0.15) is 0 Å². The van der Waals surface area contributed by atoms with Crippen molar-refractivity contribution in [3.63, 3.8) is 0 Å². The first-order chi connectivity index (χ1) is 8.70. The smallest absolute Gasteiger partial charge is 0.253 e. The lowest BCUT2D eigenvalue weighted by Gasteiger charge is -2.05. The molecule has 0 unspecified atom stereocenters. The fraction of sp³-hybridized carbons (Fsp3) is 0.231. The lowest BCUT2D eigenvalue weighted by Crippen LogP contribution is -2.23. The van der Waals surface area contributed by atoms with Crippen molar-refractivity contribution in [3.8, 4) is 0 Å². The highest BCUT2D eigenvalue weighted by atomic mass is 32.1. The van der Waals surface area contributed by atoms with Gasteiger partial charge in [0.15, 0.2) is 0 Å². The van der Waals surface area contributed by atoms with Gasteiger partial charge in [-0.2, -0.15) is 0 Å². The molecule has 0 radical (unpaired) electrons. The first-order valence-electron chi connectivity index (χ1n) is 5.73. The molecule has 0 aliphatic carbocycles. The monoisotopic (exact) mass is 262 g/mol. The highest BCUT2D eigenvalue weighted by Gasteiger charge is 2.07. The Morgan fingerprint density at radius 1 is 1.39 bits per heavy atom. The molecule has 0 aliphatic rings. The highest BCUT2D eigenvalue weighted by molar-refractivity contribution is 7.10. The second-order valence-electron chi connectivity index (χ2n) is 3.85. The second-order valence-corrected chi connectivity index (χ2v) is 4.85. The molecule has 94 valence electrons. The molecule has 0 saturated carbocycles. The lowest BCUT2D eigenvalue weighted by atomic mass is 10.2. The summed E-state index contributed by atoms with van der Waals surface area (Å²) in [4.78, 5) is 26.4. The SMILES string of the molecule is CCc1ccsc1CNC(=O)c1ccc(=O)[nH]c1. The van der Waals surface area contributed by atoms with Crippen molar-refractivity contribution in [1.29, 1.82) is 0 Å². The summed E-state index contributed by atoms with van der Waals surface area (Å²) < 4.78 is 0. The zero-order valence-electron chi connectivity index (χ0n) is 10.0. The number of carbonyl (C=O) groups is 1. The highest BCUT2D eigenvalue weighted by Crippen LogP contribution is 2.16. The Morgan fingerprint density at radius 2 is 2.22 bits per heavy atom. The van der Waals surface area contributed by atoms with Crippen LogP contribution in [0.5, 0.6) is 0 Å². The fourth-order valence-corrected chi connectivity index (χ4v) is 2.57. The minimum absolute atomic E-state index is 0.179. The molecule has 18 heavy (non-hydrogen) atoms. The summed E-state index contributed by atoms with van der Waals surface area (Å²) in [6.45, 7) is 2.62. The van der Waals surface area contributed by atoms with Crippen LogP contribution in [0, 0.1) is 0 Å². The van der Waals surface area contributed by atoms with Gasteiger partial charge in [-0.25, -0.2) is 0 Å². The van der Waals surface area contributed by atoms with Crippen molar-refractivity contribution < 1.29 is 4.79 Å². The second kappa shape index (κ2) is 5.64. The van der Waals surface area contributed by atoms with Gasteiger partial charge in [0.05, 0.1) is 12.1 Å². The Bertz CT molecular complexity index is 581. The maximum Gasteiger partial charge on any atom is 0.253 e. The predicted octanol–water partition coefficient (Wildman–Crippen LogP) is 1.93. The normalized spacial score (nSPS) is 10.3. The summed E-state index contributed by atoms with van der Waals surface area (Å²) in [6.07, 6.45) is 2.39. The molecular weight excluding hydrogens is 248 g/mol. The number of carbonyl (C=O) groups excluding carboxylic acids is 1. The quantitative estimate of drug-likeness (QED) is 0.884. The molecule has 0 spiro atoms. The van der Waals surface area contributed by atoms with Gasteiger partial charge in [0.2, 0.25) is 5.56 Å². The number of rotatable bonds is 4. The van der Waals surface area contributed by atoms with E-state index in [1.807, 2.05) is 5.38 Å². The van der Waals surface area contributed by atoms with Crippen molar-refractivity contribution in [2.75, 3.05) is 0 Å². The molecule has 0 saturated heterocycles. The minimum Gasteiger partial charge on any atom is -0.347 e. The molecule has 2 N–H and O–H groups in total. The summed E-state index contributed by atoms with van der Waals surface area (Å²) in [5, 5.41) is 4.87. The third kappa shape index (κ3) is 2.87. The van der Waals surface area contributed by atoms with Crippen LogP contribution in [0.1, 0.15) is 27.7 Å². The first kappa shape index (κ1) is 12.6. The number of aromatic nitrogens is 1. The topological polar surface area (TPSA) is 62.0 Å². The van der Waals surface area contributed by atoms with Crippen molar-refractivity contribution >= 4 is 17.2 Å². The summed E-state index contributed by atoms with van der Waals surface area (Å²) in [7, 11) is 0. The van der Waals surface area contributed by atoms with Crippen LogP contribution in [0.2, 0.25) is 0 Å². The molecule has 2 aromatic heterocycles. The molecule has 5 heteroatoms. The van der Waals surface area contributed by atoms with Crippen LogP contribution in [0.15, 0.2) is 34.6 Å². The van der Waals surface area contributed by atoms with E-state index in [-0.39, 0.29) is 11.5 Å². The van der Waals surface area contributed by atoms with Crippen LogP contribution < -0.4 is 10.9 Å². The van der Waals surface area contributed by atoms with Gasteiger partial charge in [0.25, 0.3) is 5.91 Å². The van der Waals surface area contributed by atoms with Gasteiger partial charge in [0, 0.05) is 17.1 Å². The third-order valence-corrected chi connectivity index (χ3v) is 3.64. The number of aryl methyl sites for hydroxylation is 1. The van der Waals surface area contributed by atoms with E-state index in [0.29, 0.717) is 12.1 Å². The van der Waals surface area contributed by atoms with Gasteiger partial charge in [-0.05, 0) is 29.5 Å². The standard InChI is InChI=1S/C13H14N2O2S/c1-2-9-5-6-18-11(9)8-15-13(17)10-3-4-12(16)14-7-10/h3-7H,2,8H2,1H3,(H,14,16)(H,15,17). The van der Waals surface area contributed by atoms with E-state index in [2.05, 4.69) is 23.3 Å². The van der Waals surface area contributed by atoms with E-state index in [1.165, 1.54) is 28.8 Å². The van der Waals surface area contributed by atoms with Crippen LogP contribution in [0.25, 0.3) is 0 Å². The van der Waals surface area contributed by atoms with Crippen LogP contribution in [-0.4, -0.2) is 10.9 Å². The number of nitrogens with one attached hydrogen (secondary N) is 2. The maximum atomic E-state index is 11.8. The van der Waals surface area contributed by atoms with Gasteiger partial charge in [-0.1, -0.05) is 6.92 Å². The maximum absolute atomic E-state index is 11.8. The Balaban J connectivity index is 2.00. The number of pyridine rings is 1. The molecule has 0 atom stereocenters. The first-order valence-corrected chi connectivity index (χ1v) is 6.61. The van der Waals surface area contributed by atoms with Gasteiger partial charge in [-0.15, -0.1) is 11.3 Å². The molecule has 4 nitrogen and oxygen atoms in total. The van der Waals surface area contributed by atoms with E-state index in [4.69, 9.17) is 0 Å². The van der Waals surface area contributed by atoms with Crippen molar-refractivity contribution in [3.05, 3.63) is 56.1 Å². The van der Waals surface area contributed by atoms with E-state index in [0.717, 1.165) is 6.42 Å². The Morgan fingerprint density at radius 3 is 2.89 bits per heavy atom. The molecule has 2 rings (SSSR count). The summed E-state index contributed by atoms with van der Waals surface area (Å²) in [5.74, 6) is -0.179. The predicted molar refractivity (Wildman–Crippen MR) is 71.9 cm³/mol. The van der Waals surface area contributed by atoms with Gasteiger partial charge >= 0.3 is 0 Å². The van der Waals surface area contributed by atoms with Crippen LogP contribution in [-0.2, 0) is 13.0 Å². The number of hydrogen-bond acceptors (Lipinski definition) is 3. The van der Waals surface area contributed by atoms with Gasteiger partial charge < -0.3 is 10.3 Å². The Labute approximate surface area is 109 Å². The van der Waals surface area contributed by atoms with E-state index in [1.54, 1.807) is 11.3 Å². The fourth-order valence-electron chi connectivity index (χ4n) is 1.65. The molecule has 2 aromatic rings. The van der Waals surface area contributed by atoms with Crippen molar-refractivity contribution in [2.45, 2.75) is 19.9 Å². The molecule has 0 fully saturated rings. The lowest BCUT2D eigenvalue weighted by molar-refractivity contribution is 0.0951. The zero-order valence-corrected chi connectivity index (χ0v) is 10.8. The third-order valence-electron chi connectivity index (χ3n) is 2.67. The van der Waals surface area contributed by atoms with Gasteiger partial charge in [-0.3, -0.25) is 9.59 Å². The Hall–Kier alpha value is -1.88. The van der Waals surface area contributed by atoms with E-state index >= 15 is 0 Å². The molecule has 0 aliphatic heterocycles. The van der Waals surface area contributed by atoms with Crippen LogP contribution in [0.4, 0.5) is 0 Å². The number of aromatic amines is 1. The number of thiophene rings is 1.